The largest absolute Gasteiger partial charge is 0.313 e. The number of rotatable bonds is 6. The van der Waals surface area contributed by atoms with Crippen LogP contribution in [0.4, 0.5) is 4.39 Å². The second-order valence-electron chi connectivity index (χ2n) is 3.11. The molecule has 1 aromatic rings. The molecular weight excluding hydrogens is 197 g/mol. The third-order valence-corrected chi connectivity index (χ3v) is 2.67. The Morgan fingerprint density at radius 2 is 2.14 bits per heavy atom. The van der Waals surface area contributed by atoms with E-state index in [1.165, 1.54) is 6.07 Å². The highest BCUT2D eigenvalue weighted by Crippen LogP contribution is 2.05. The van der Waals surface area contributed by atoms with E-state index in [9.17, 15) is 4.39 Å². The van der Waals surface area contributed by atoms with Crippen molar-refractivity contribution in [2.75, 3.05) is 18.6 Å². The lowest BCUT2D eigenvalue weighted by atomic mass is 10.2. The molecule has 0 radical (unpaired) electrons. The van der Waals surface area contributed by atoms with E-state index in [0.29, 0.717) is 6.54 Å². The fraction of sp³-hybridized carbons (Fsp3) is 0.455. The Balaban J connectivity index is 2.21. The summed E-state index contributed by atoms with van der Waals surface area (Å²) in [7, 11) is 0. The number of benzene rings is 1. The van der Waals surface area contributed by atoms with Crippen molar-refractivity contribution in [1.29, 1.82) is 0 Å². The molecule has 1 nitrogen and oxygen atoms in total. The van der Waals surface area contributed by atoms with Crippen LogP contribution in [-0.2, 0) is 6.54 Å². The molecule has 0 heterocycles. The van der Waals surface area contributed by atoms with Crippen molar-refractivity contribution in [3.63, 3.8) is 0 Å². The van der Waals surface area contributed by atoms with Gasteiger partial charge in [0.2, 0.25) is 0 Å². The van der Waals surface area contributed by atoms with Gasteiger partial charge in [-0.05, 0) is 31.0 Å². The number of hydrogen-bond acceptors (Lipinski definition) is 2. The minimum Gasteiger partial charge on any atom is -0.313 e. The topological polar surface area (TPSA) is 12.0 Å². The normalized spacial score (nSPS) is 10.4. The molecule has 0 aliphatic rings. The van der Waals surface area contributed by atoms with E-state index in [-0.39, 0.29) is 5.82 Å². The maximum Gasteiger partial charge on any atom is 0.127 e. The van der Waals surface area contributed by atoms with E-state index in [1.54, 1.807) is 6.07 Å². The van der Waals surface area contributed by atoms with E-state index in [0.717, 1.165) is 24.3 Å². The summed E-state index contributed by atoms with van der Waals surface area (Å²) in [5, 5.41) is 3.22. The Hall–Kier alpha value is -0.540. The molecule has 1 aromatic carbocycles. The third kappa shape index (κ3) is 4.11. The van der Waals surface area contributed by atoms with Gasteiger partial charge >= 0.3 is 0 Å². The maximum atomic E-state index is 13.1. The molecule has 0 spiro atoms. The summed E-state index contributed by atoms with van der Waals surface area (Å²) in [4.78, 5) is 0. The number of thioether (sulfide) groups is 1. The van der Waals surface area contributed by atoms with E-state index in [2.05, 4.69) is 11.6 Å². The van der Waals surface area contributed by atoms with Crippen molar-refractivity contribution in [1.82, 2.24) is 5.32 Å². The van der Waals surface area contributed by atoms with Gasteiger partial charge in [-0.3, -0.25) is 0 Å². The first kappa shape index (κ1) is 11.5. The molecule has 0 aromatic heterocycles. The van der Waals surface area contributed by atoms with Crippen LogP contribution in [0.3, 0.4) is 0 Å². The summed E-state index contributed by atoms with van der Waals surface area (Å²) >= 11 is 1.84. The van der Waals surface area contributed by atoms with Gasteiger partial charge in [0.25, 0.3) is 0 Å². The minimum absolute atomic E-state index is 0.120. The van der Waals surface area contributed by atoms with Crippen molar-refractivity contribution < 1.29 is 4.39 Å². The van der Waals surface area contributed by atoms with E-state index < -0.39 is 0 Å². The summed E-state index contributed by atoms with van der Waals surface area (Å²) < 4.78 is 13.1. The van der Waals surface area contributed by atoms with Crippen molar-refractivity contribution in [3.8, 4) is 0 Å². The molecular formula is C11H16FNS. The molecule has 0 saturated carbocycles. The van der Waals surface area contributed by atoms with Crippen LogP contribution in [-0.4, -0.2) is 18.6 Å². The average Bonchev–Trinajstić information content (AvgIpc) is 2.20. The van der Waals surface area contributed by atoms with Crippen LogP contribution < -0.4 is 5.32 Å². The second kappa shape index (κ2) is 6.85. The van der Waals surface area contributed by atoms with Crippen LogP contribution in [0.5, 0.6) is 0 Å². The van der Waals surface area contributed by atoms with Crippen LogP contribution >= 0.6 is 11.8 Å². The summed E-state index contributed by atoms with van der Waals surface area (Å²) in [5.41, 5.74) is 0.747. The lowest BCUT2D eigenvalue weighted by Gasteiger charge is -2.04. The van der Waals surface area contributed by atoms with Crippen LogP contribution in [0.1, 0.15) is 12.0 Å². The minimum atomic E-state index is -0.120. The van der Waals surface area contributed by atoms with Crippen LogP contribution in [0, 0.1) is 5.82 Å². The zero-order valence-electron chi connectivity index (χ0n) is 8.42. The molecule has 0 aliphatic carbocycles. The molecule has 0 aliphatic heterocycles. The summed E-state index contributed by atoms with van der Waals surface area (Å²) in [6.45, 7) is 1.58. The van der Waals surface area contributed by atoms with Crippen molar-refractivity contribution >= 4 is 11.8 Å². The van der Waals surface area contributed by atoms with E-state index >= 15 is 0 Å². The van der Waals surface area contributed by atoms with Crippen LogP contribution in [0.2, 0.25) is 0 Å². The summed E-state index contributed by atoms with van der Waals surface area (Å²) in [5.74, 6) is 1.04. The lowest BCUT2D eigenvalue weighted by Crippen LogP contribution is -2.16. The predicted octanol–water partition coefficient (Wildman–Crippen LogP) is 2.67. The monoisotopic (exact) mass is 213 g/mol. The number of halogens is 1. The fourth-order valence-electron chi connectivity index (χ4n) is 1.21. The van der Waals surface area contributed by atoms with Gasteiger partial charge in [0.05, 0.1) is 0 Å². The molecule has 0 atom stereocenters. The first-order valence-electron chi connectivity index (χ1n) is 4.77. The van der Waals surface area contributed by atoms with Gasteiger partial charge < -0.3 is 5.32 Å². The molecule has 0 unspecified atom stereocenters. The molecule has 0 amide bonds. The SMILES string of the molecule is CSCCCNCc1ccccc1F. The Kier molecular flexibility index (Phi) is 5.64. The van der Waals surface area contributed by atoms with E-state index in [1.807, 2.05) is 23.9 Å². The van der Waals surface area contributed by atoms with Gasteiger partial charge in [-0.2, -0.15) is 11.8 Å². The Morgan fingerprint density at radius 1 is 1.36 bits per heavy atom. The standard InChI is InChI=1S/C11H16FNS/c1-14-8-4-7-13-9-10-5-2-3-6-11(10)12/h2-3,5-6,13H,4,7-9H2,1H3. The number of hydrogen-bond donors (Lipinski definition) is 1. The van der Waals surface area contributed by atoms with Gasteiger partial charge in [0.15, 0.2) is 0 Å². The molecule has 14 heavy (non-hydrogen) atoms. The van der Waals surface area contributed by atoms with Gasteiger partial charge in [-0.15, -0.1) is 0 Å². The Bertz CT molecular complexity index is 265. The number of nitrogens with one attached hydrogen (secondary N) is 1. The van der Waals surface area contributed by atoms with Gasteiger partial charge in [-0.25, -0.2) is 4.39 Å². The lowest BCUT2D eigenvalue weighted by molar-refractivity contribution is 0.587. The first-order chi connectivity index (χ1) is 6.84. The zero-order chi connectivity index (χ0) is 10.2. The first-order valence-corrected chi connectivity index (χ1v) is 6.17. The smallest absolute Gasteiger partial charge is 0.127 e. The molecule has 78 valence electrons. The highest BCUT2D eigenvalue weighted by molar-refractivity contribution is 7.98. The summed E-state index contributed by atoms with van der Waals surface area (Å²) in [6, 6.07) is 6.89. The van der Waals surface area contributed by atoms with Crippen molar-refractivity contribution in [3.05, 3.63) is 35.6 Å². The highest BCUT2D eigenvalue weighted by atomic mass is 32.2. The van der Waals surface area contributed by atoms with Crippen LogP contribution in [0.15, 0.2) is 24.3 Å². The molecule has 0 saturated heterocycles. The molecule has 0 fully saturated rings. The van der Waals surface area contributed by atoms with Gasteiger partial charge in [-0.1, -0.05) is 18.2 Å². The Labute approximate surface area is 89.1 Å². The van der Waals surface area contributed by atoms with Crippen molar-refractivity contribution in [2.24, 2.45) is 0 Å². The van der Waals surface area contributed by atoms with Gasteiger partial charge in [0, 0.05) is 12.1 Å². The quantitative estimate of drug-likeness (QED) is 0.729. The molecule has 1 N–H and O–H groups in total. The Morgan fingerprint density at radius 3 is 2.86 bits per heavy atom. The maximum absolute atomic E-state index is 13.1. The second-order valence-corrected chi connectivity index (χ2v) is 4.10. The predicted molar refractivity (Wildman–Crippen MR) is 61.1 cm³/mol. The van der Waals surface area contributed by atoms with Crippen LogP contribution in [0.25, 0.3) is 0 Å². The highest BCUT2D eigenvalue weighted by Gasteiger charge is 1.98. The third-order valence-electron chi connectivity index (χ3n) is 1.98. The summed E-state index contributed by atoms with van der Waals surface area (Å²) in [6.07, 6.45) is 3.23. The molecule has 3 heteroatoms. The zero-order valence-corrected chi connectivity index (χ0v) is 9.24. The van der Waals surface area contributed by atoms with Gasteiger partial charge in [0.1, 0.15) is 5.82 Å². The molecule has 1 rings (SSSR count). The fourth-order valence-corrected chi connectivity index (χ4v) is 1.64. The van der Waals surface area contributed by atoms with Crippen molar-refractivity contribution in [2.45, 2.75) is 13.0 Å². The van der Waals surface area contributed by atoms with E-state index in [4.69, 9.17) is 0 Å². The average molecular weight is 213 g/mol. The molecule has 0 bridgehead atoms.